The first-order valence-corrected chi connectivity index (χ1v) is 8.05. The molecule has 114 valence electrons. The Labute approximate surface area is 125 Å². The van der Waals surface area contributed by atoms with Crippen LogP contribution in [0.15, 0.2) is 18.2 Å². The van der Waals surface area contributed by atoms with Crippen molar-refractivity contribution in [1.82, 2.24) is 5.32 Å². The standard InChI is InChI=1S/C17H23NO3/c1-2-19-16-9-15(17(16)6-3-7-17)18-10-12-4-5-13-14(8-12)21-11-20-13/h4-5,8,15-16,18H,2-3,6-7,9-11H2,1H3. The highest BCUT2D eigenvalue weighted by Gasteiger charge is 2.58. The van der Waals surface area contributed by atoms with E-state index < -0.39 is 0 Å². The fourth-order valence-corrected chi connectivity index (χ4v) is 4.02. The Balaban J connectivity index is 1.37. The third kappa shape index (κ3) is 2.12. The van der Waals surface area contributed by atoms with Crippen LogP contribution in [-0.2, 0) is 11.3 Å². The van der Waals surface area contributed by atoms with Crippen molar-refractivity contribution in [1.29, 1.82) is 0 Å². The summed E-state index contributed by atoms with van der Waals surface area (Å²) < 4.78 is 16.7. The maximum atomic E-state index is 5.90. The number of hydrogen-bond donors (Lipinski definition) is 1. The van der Waals surface area contributed by atoms with Crippen molar-refractivity contribution < 1.29 is 14.2 Å². The van der Waals surface area contributed by atoms with Gasteiger partial charge in [-0.2, -0.15) is 0 Å². The number of fused-ring (bicyclic) bond motifs is 1. The van der Waals surface area contributed by atoms with Gasteiger partial charge in [0.2, 0.25) is 6.79 Å². The summed E-state index contributed by atoms with van der Waals surface area (Å²) in [6.07, 6.45) is 5.61. The first kappa shape index (κ1) is 13.4. The molecule has 4 nitrogen and oxygen atoms in total. The van der Waals surface area contributed by atoms with E-state index in [-0.39, 0.29) is 0 Å². The van der Waals surface area contributed by atoms with Crippen LogP contribution in [0.4, 0.5) is 0 Å². The molecule has 2 atom stereocenters. The van der Waals surface area contributed by atoms with Crippen LogP contribution in [0, 0.1) is 5.41 Å². The largest absolute Gasteiger partial charge is 0.454 e. The molecule has 1 N–H and O–H groups in total. The van der Waals surface area contributed by atoms with Crippen molar-refractivity contribution >= 4 is 0 Å². The molecule has 1 aromatic carbocycles. The van der Waals surface area contributed by atoms with E-state index >= 15 is 0 Å². The molecule has 2 fully saturated rings. The minimum atomic E-state index is 0.341. The quantitative estimate of drug-likeness (QED) is 0.905. The molecule has 4 rings (SSSR count). The summed E-state index contributed by atoms with van der Waals surface area (Å²) >= 11 is 0. The predicted octanol–water partition coefficient (Wildman–Crippen LogP) is 2.85. The number of nitrogens with one attached hydrogen (secondary N) is 1. The minimum absolute atomic E-state index is 0.341. The van der Waals surface area contributed by atoms with Gasteiger partial charge < -0.3 is 19.5 Å². The predicted molar refractivity (Wildman–Crippen MR) is 79.5 cm³/mol. The lowest BCUT2D eigenvalue weighted by atomic mass is 9.51. The molecule has 0 saturated heterocycles. The Morgan fingerprint density at radius 2 is 2.14 bits per heavy atom. The summed E-state index contributed by atoms with van der Waals surface area (Å²) in [6.45, 7) is 4.16. The summed E-state index contributed by atoms with van der Waals surface area (Å²) in [6, 6.07) is 6.81. The second-order valence-corrected chi connectivity index (χ2v) is 6.39. The maximum absolute atomic E-state index is 5.90. The van der Waals surface area contributed by atoms with Crippen LogP contribution in [0.25, 0.3) is 0 Å². The molecule has 1 heterocycles. The van der Waals surface area contributed by atoms with Crippen molar-refractivity contribution in [3.63, 3.8) is 0 Å². The molecule has 1 aliphatic heterocycles. The average molecular weight is 289 g/mol. The van der Waals surface area contributed by atoms with Crippen LogP contribution in [0.5, 0.6) is 11.5 Å². The van der Waals surface area contributed by atoms with Crippen LogP contribution >= 0.6 is 0 Å². The van der Waals surface area contributed by atoms with Crippen LogP contribution in [0.3, 0.4) is 0 Å². The number of benzene rings is 1. The van der Waals surface area contributed by atoms with Gasteiger partial charge in [0.05, 0.1) is 6.10 Å². The van der Waals surface area contributed by atoms with Gasteiger partial charge in [-0.1, -0.05) is 12.5 Å². The van der Waals surface area contributed by atoms with E-state index in [0.29, 0.717) is 24.4 Å². The molecule has 3 aliphatic rings. The molecule has 0 radical (unpaired) electrons. The second kappa shape index (κ2) is 5.18. The van der Waals surface area contributed by atoms with Crippen molar-refractivity contribution in [2.24, 2.45) is 5.41 Å². The van der Waals surface area contributed by atoms with Gasteiger partial charge in [-0.3, -0.25) is 0 Å². The zero-order valence-electron chi connectivity index (χ0n) is 12.6. The first-order chi connectivity index (χ1) is 10.3. The Bertz CT molecular complexity index is 527. The number of hydrogen-bond acceptors (Lipinski definition) is 4. The van der Waals surface area contributed by atoms with Gasteiger partial charge in [0, 0.05) is 24.6 Å². The molecular formula is C17H23NO3. The summed E-state index contributed by atoms with van der Waals surface area (Å²) in [5.74, 6) is 1.72. The van der Waals surface area contributed by atoms with Gasteiger partial charge in [-0.25, -0.2) is 0 Å². The van der Waals surface area contributed by atoms with Crippen LogP contribution in [-0.4, -0.2) is 25.5 Å². The average Bonchev–Trinajstić information content (AvgIpc) is 2.87. The molecule has 4 heteroatoms. The topological polar surface area (TPSA) is 39.7 Å². The molecule has 2 saturated carbocycles. The van der Waals surface area contributed by atoms with Crippen LogP contribution < -0.4 is 14.8 Å². The molecule has 1 spiro atoms. The molecule has 1 aromatic rings. The third-order valence-electron chi connectivity index (χ3n) is 5.43. The summed E-state index contributed by atoms with van der Waals surface area (Å²) in [7, 11) is 0. The zero-order valence-corrected chi connectivity index (χ0v) is 12.6. The summed E-state index contributed by atoms with van der Waals surface area (Å²) in [5, 5.41) is 3.73. The van der Waals surface area contributed by atoms with Gasteiger partial charge in [-0.05, 0) is 43.9 Å². The normalized spacial score (nSPS) is 28.2. The highest BCUT2D eigenvalue weighted by Crippen LogP contribution is 2.57. The second-order valence-electron chi connectivity index (χ2n) is 6.39. The van der Waals surface area contributed by atoms with Crippen molar-refractivity contribution in [3.8, 4) is 11.5 Å². The Kier molecular flexibility index (Phi) is 3.31. The Morgan fingerprint density at radius 1 is 1.29 bits per heavy atom. The van der Waals surface area contributed by atoms with E-state index in [9.17, 15) is 0 Å². The third-order valence-corrected chi connectivity index (χ3v) is 5.43. The van der Waals surface area contributed by atoms with Crippen molar-refractivity contribution in [2.75, 3.05) is 13.4 Å². The van der Waals surface area contributed by atoms with E-state index in [1.165, 1.54) is 24.8 Å². The molecule has 2 unspecified atom stereocenters. The fourth-order valence-electron chi connectivity index (χ4n) is 4.02. The van der Waals surface area contributed by atoms with Crippen LogP contribution in [0.1, 0.15) is 38.2 Å². The lowest BCUT2D eigenvalue weighted by Gasteiger charge is -2.61. The van der Waals surface area contributed by atoms with Crippen molar-refractivity contribution in [2.45, 2.75) is 51.3 Å². The molecule has 0 amide bonds. The van der Waals surface area contributed by atoms with E-state index in [1.54, 1.807) is 0 Å². The van der Waals surface area contributed by atoms with Gasteiger partial charge in [0.15, 0.2) is 11.5 Å². The molecule has 21 heavy (non-hydrogen) atoms. The van der Waals surface area contributed by atoms with E-state index in [2.05, 4.69) is 24.4 Å². The zero-order chi connectivity index (χ0) is 14.3. The Hall–Kier alpha value is -1.26. The maximum Gasteiger partial charge on any atom is 0.231 e. The van der Waals surface area contributed by atoms with Gasteiger partial charge in [-0.15, -0.1) is 0 Å². The van der Waals surface area contributed by atoms with Crippen LogP contribution in [0.2, 0.25) is 0 Å². The number of ether oxygens (including phenoxy) is 3. The summed E-state index contributed by atoms with van der Waals surface area (Å²) in [4.78, 5) is 0. The van der Waals surface area contributed by atoms with E-state index in [4.69, 9.17) is 14.2 Å². The Morgan fingerprint density at radius 3 is 2.90 bits per heavy atom. The monoisotopic (exact) mass is 289 g/mol. The summed E-state index contributed by atoms with van der Waals surface area (Å²) in [5.41, 5.74) is 1.68. The van der Waals surface area contributed by atoms with Gasteiger partial charge >= 0.3 is 0 Å². The smallest absolute Gasteiger partial charge is 0.231 e. The highest BCUT2D eigenvalue weighted by atomic mass is 16.7. The van der Waals surface area contributed by atoms with E-state index in [0.717, 1.165) is 31.1 Å². The van der Waals surface area contributed by atoms with E-state index in [1.807, 2.05) is 6.07 Å². The lowest BCUT2D eigenvalue weighted by Crippen LogP contribution is -2.66. The fraction of sp³-hybridized carbons (Fsp3) is 0.647. The highest BCUT2D eigenvalue weighted by molar-refractivity contribution is 5.44. The molecule has 0 bridgehead atoms. The minimum Gasteiger partial charge on any atom is -0.454 e. The molecule has 0 aromatic heterocycles. The first-order valence-electron chi connectivity index (χ1n) is 8.05. The van der Waals surface area contributed by atoms with Gasteiger partial charge in [0.25, 0.3) is 0 Å². The molecule has 2 aliphatic carbocycles. The molecular weight excluding hydrogens is 266 g/mol. The van der Waals surface area contributed by atoms with Crippen molar-refractivity contribution in [3.05, 3.63) is 23.8 Å². The van der Waals surface area contributed by atoms with Gasteiger partial charge in [0.1, 0.15) is 0 Å². The lowest BCUT2D eigenvalue weighted by molar-refractivity contribution is -0.173. The SMILES string of the molecule is CCOC1CC(NCc2ccc3c(c2)OCO3)C12CCC2. The number of rotatable bonds is 5.